The Morgan fingerprint density at radius 2 is 2.27 bits per heavy atom. The molecule has 0 saturated heterocycles. The minimum atomic E-state index is -0.383. The maximum atomic E-state index is 12.5. The normalized spacial score (nSPS) is 34.2. The van der Waals surface area contributed by atoms with Crippen LogP contribution in [0.4, 0.5) is 0 Å². The predicted molar refractivity (Wildman–Crippen MR) is 99.5 cm³/mol. The van der Waals surface area contributed by atoms with Crippen molar-refractivity contribution in [3.8, 4) is 0 Å². The summed E-state index contributed by atoms with van der Waals surface area (Å²) in [6.45, 7) is 8.39. The van der Waals surface area contributed by atoms with Gasteiger partial charge in [-0.15, -0.1) is 0 Å². The smallest absolute Gasteiger partial charge is 0.302 e. The molecule has 1 aromatic heterocycles. The van der Waals surface area contributed by atoms with Crippen LogP contribution in [-0.4, -0.2) is 18.9 Å². The third-order valence-electron chi connectivity index (χ3n) is 6.87. The van der Waals surface area contributed by atoms with E-state index in [0.29, 0.717) is 6.61 Å². The molecule has 4 nitrogen and oxygen atoms in total. The number of rotatable bonds is 6. The van der Waals surface area contributed by atoms with Gasteiger partial charge in [0, 0.05) is 17.8 Å². The van der Waals surface area contributed by atoms with E-state index in [4.69, 9.17) is 9.15 Å². The van der Waals surface area contributed by atoms with E-state index in [9.17, 15) is 9.59 Å². The summed E-state index contributed by atoms with van der Waals surface area (Å²) in [6, 6.07) is 1.99. The Bertz CT molecular complexity index is 662. The van der Waals surface area contributed by atoms with Crippen LogP contribution in [0.1, 0.15) is 57.9 Å². The van der Waals surface area contributed by atoms with Gasteiger partial charge in [0.2, 0.25) is 0 Å². The number of esters is 1. The highest BCUT2D eigenvalue weighted by Gasteiger charge is 2.57. The van der Waals surface area contributed by atoms with Gasteiger partial charge in [-0.25, -0.2) is 0 Å². The average Bonchev–Trinajstić information content (AvgIpc) is 3.13. The number of aryl methyl sites for hydroxylation is 1. The minimum absolute atomic E-state index is 0.139. The van der Waals surface area contributed by atoms with Crippen molar-refractivity contribution in [1.82, 2.24) is 0 Å². The minimum Gasteiger partial charge on any atom is -0.472 e. The van der Waals surface area contributed by atoms with Crippen LogP contribution in [0.25, 0.3) is 0 Å². The Balaban J connectivity index is 1.86. The van der Waals surface area contributed by atoms with E-state index in [1.54, 1.807) is 12.5 Å². The molecule has 2 fully saturated rings. The Kier molecular flexibility index (Phi) is 5.40. The molecule has 2 aliphatic carbocycles. The highest BCUT2D eigenvalue weighted by molar-refractivity contribution is 5.66. The molecular weight excluding hydrogens is 328 g/mol. The highest BCUT2D eigenvalue weighted by atomic mass is 16.5. The van der Waals surface area contributed by atoms with Gasteiger partial charge in [-0.1, -0.05) is 25.5 Å². The molecule has 3 rings (SSSR count). The maximum Gasteiger partial charge on any atom is 0.302 e. The van der Waals surface area contributed by atoms with E-state index in [1.807, 2.05) is 6.07 Å². The van der Waals surface area contributed by atoms with Gasteiger partial charge >= 0.3 is 5.97 Å². The van der Waals surface area contributed by atoms with E-state index >= 15 is 0 Å². The molecule has 0 N–H and O–H groups in total. The van der Waals surface area contributed by atoms with Gasteiger partial charge < -0.3 is 13.9 Å². The number of allylic oxidation sites excluding steroid dienone is 1. The van der Waals surface area contributed by atoms with Crippen molar-refractivity contribution in [1.29, 1.82) is 0 Å². The molecule has 26 heavy (non-hydrogen) atoms. The first kappa shape index (κ1) is 18.9. The number of hydrogen-bond donors (Lipinski definition) is 0. The van der Waals surface area contributed by atoms with Crippen LogP contribution in [0.5, 0.6) is 0 Å². The molecule has 0 bridgehead atoms. The second kappa shape index (κ2) is 7.42. The lowest BCUT2D eigenvalue weighted by molar-refractivity contribution is -0.156. The molecule has 4 heteroatoms. The molecule has 142 valence electrons. The van der Waals surface area contributed by atoms with Crippen LogP contribution in [-0.2, 0) is 20.7 Å². The molecule has 0 radical (unpaired) electrons. The number of furan rings is 1. The zero-order valence-electron chi connectivity index (χ0n) is 16.0. The summed E-state index contributed by atoms with van der Waals surface area (Å²) in [5, 5.41) is 0. The van der Waals surface area contributed by atoms with Crippen molar-refractivity contribution in [3.05, 3.63) is 36.3 Å². The number of aldehydes is 1. The molecule has 0 aromatic carbocycles. The summed E-state index contributed by atoms with van der Waals surface area (Å²) in [4.78, 5) is 23.9. The average molecular weight is 358 g/mol. The van der Waals surface area contributed by atoms with Crippen LogP contribution in [0.15, 0.2) is 35.2 Å². The van der Waals surface area contributed by atoms with Crippen molar-refractivity contribution >= 4 is 12.3 Å². The third-order valence-corrected chi connectivity index (χ3v) is 6.87. The molecule has 2 aliphatic rings. The standard InChI is InChI=1S/C22H30O4/c1-16-5-8-20-21(3,15-26-17(2)24)10-4-11-22(20,14-23)19(16)7-6-18-9-12-25-13-18/h9,12-14,19-20H,1,4-8,10-11,15H2,2-3H3/t19-,20-,21+,22-/m0/s1. The first-order chi connectivity index (χ1) is 12.4. The molecule has 1 aromatic rings. The lowest BCUT2D eigenvalue weighted by Crippen LogP contribution is -2.54. The fraction of sp³-hybridized carbons (Fsp3) is 0.636. The molecule has 0 spiro atoms. The topological polar surface area (TPSA) is 56.5 Å². The van der Waals surface area contributed by atoms with Crippen molar-refractivity contribution in [2.24, 2.45) is 22.7 Å². The first-order valence-electron chi connectivity index (χ1n) is 9.70. The summed E-state index contributed by atoms with van der Waals surface area (Å²) in [5.74, 6) is 0.177. The largest absolute Gasteiger partial charge is 0.472 e. The molecular formula is C22H30O4. The van der Waals surface area contributed by atoms with E-state index < -0.39 is 0 Å². The second-order valence-electron chi connectivity index (χ2n) is 8.49. The van der Waals surface area contributed by atoms with Crippen molar-refractivity contribution in [2.75, 3.05) is 6.61 Å². The number of carbonyl (C=O) groups is 2. The van der Waals surface area contributed by atoms with E-state index in [2.05, 4.69) is 13.5 Å². The maximum absolute atomic E-state index is 12.5. The monoisotopic (exact) mass is 358 g/mol. The van der Waals surface area contributed by atoms with E-state index in [1.165, 1.54) is 24.3 Å². The SMILES string of the molecule is C=C1CC[C@H]2[C@@](C)(COC(C)=O)CCC[C@]2(C=O)[C@H]1CCc1ccoc1. The predicted octanol–water partition coefficient (Wildman–Crippen LogP) is 4.73. The molecule has 0 amide bonds. The van der Waals surface area contributed by atoms with Gasteiger partial charge in [-0.05, 0) is 62.0 Å². The van der Waals surface area contributed by atoms with Gasteiger partial charge in [0.25, 0.3) is 0 Å². The fourth-order valence-corrected chi connectivity index (χ4v) is 5.60. The fourth-order valence-electron chi connectivity index (χ4n) is 5.60. The number of hydrogen-bond acceptors (Lipinski definition) is 4. The highest BCUT2D eigenvalue weighted by Crippen LogP contribution is 2.61. The molecule has 2 saturated carbocycles. The Morgan fingerprint density at radius 3 is 2.92 bits per heavy atom. The van der Waals surface area contributed by atoms with Crippen molar-refractivity contribution in [2.45, 2.75) is 58.8 Å². The van der Waals surface area contributed by atoms with Crippen molar-refractivity contribution in [3.63, 3.8) is 0 Å². The van der Waals surface area contributed by atoms with Crippen LogP contribution in [0, 0.1) is 22.7 Å². The van der Waals surface area contributed by atoms with E-state index in [0.717, 1.165) is 44.9 Å². The quantitative estimate of drug-likeness (QED) is 0.419. The number of fused-ring (bicyclic) bond motifs is 1. The molecule has 1 heterocycles. The molecule has 0 aliphatic heterocycles. The Hall–Kier alpha value is -1.84. The van der Waals surface area contributed by atoms with Gasteiger partial charge in [0.15, 0.2) is 0 Å². The first-order valence-corrected chi connectivity index (χ1v) is 9.70. The summed E-state index contributed by atoms with van der Waals surface area (Å²) >= 11 is 0. The van der Waals surface area contributed by atoms with Gasteiger partial charge in [0.1, 0.15) is 6.29 Å². The lowest BCUT2D eigenvalue weighted by atomic mass is 9.46. The van der Waals surface area contributed by atoms with Crippen molar-refractivity contribution < 1.29 is 18.7 Å². The van der Waals surface area contributed by atoms with E-state index in [-0.39, 0.29) is 28.6 Å². The van der Waals surface area contributed by atoms with Crippen LogP contribution in [0.2, 0.25) is 0 Å². The Morgan fingerprint density at radius 1 is 1.46 bits per heavy atom. The zero-order valence-corrected chi connectivity index (χ0v) is 16.0. The van der Waals surface area contributed by atoms with Gasteiger partial charge in [-0.3, -0.25) is 4.79 Å². The van der Waals surface area contributed by atoms with Gasteiger partial charge in [0.05, 0.1) is 19.1 Å². The van der Waals surface area contributed by atoms with Gasteiger partial charge in [-0.2, -0.15) is 0 Å². The zero-order chi connectivity index (χ0) is 18.8. The van der Waals surface area contributed by atoms with Crippen LogP contribution < -0.4 is 0 Å². The lowest BCUT2D eigenvalue weighted by Gasteiger charge is -2.57. The summed E-state index contributed by atoms with van der Waals surface area (Å²) in [5.41, 5.74) is 1.85. The summed E-state index contributed by atoms with van der Waals surface area (Å²) in [6.07, 6.45) is 11.3. The second-order valence-corrected chi connectivity index (χ2v) is 8.49. The van der Waals surface area contributed by atoms with Crippen LogP contribution in [0.3, 0.4) is 0 Å². The molecule has 4 atom stereocenters. The summed E-state index contributed by atoms with van der Waals surface area (Å²) < 4.78 is 10.6. The Labute approximate surface area is 156 Å². The van der Waals surface area contributed by atoms with Crippen LogP contribution >= 0.6 is 0 Å². The molecule has 0 unspecified atom stereocenters. The number of carbonyl (C=O) groups excluding carboxylic acids is 2. The third kappa shape index (κ3) is 3.38. The number of ether oxygens (including phenoxy) is 1. The summed E-state index contributed by atoms with van der Waals surface area (Å²) in [7, 11) is 0.